The van der Waals surface area contributed by atoms with Crippen molar-refractivity contribution in [2.24, 2.45) is 0 Å². The average molecular weight is 247 g/mol. The Bertz CT molecular complexity index is 427. The van der Waals surface area contributed by atoms with E-state index in [0.29, 0.717) is 11.9 Å². The highest BCUT2D eigenvalue weighted by Gasteiger charge is 2.34. The molecule has 1 aromatic heterocycles. The third-order valence-electron chi connectivity index (χ3n) is 4.32. The quantitative estimate of drug-likeness (QED) is 0.803. The van der Waals surface area contributed by atoms with Crippen molar-refractivity contribution in [2.75, 3.05) is 30.8 Å². The molecule has 0 aromatic carbocycles. The smallest absolute Gasteiger partial charge is 0.134 e. The third kappa shape index (κ3) is 2.03. The van der Waals surface area contributed by atoms with E-state index < -0.39 is 0 Å². The Labute approximate surface area is 108 Å². The summed E-state index contributed by atoms with van der Waals surface area (Å²) in [6.07, 6.45) is 3.87. The van der Waals surface area contributed by atoms with Crippen molar-refractivity contribution < 1.29 is 0 Å². The van der Waals surface area contributed by atoms with Crippen LogP contribution in [0.5, 0.6) is 0 Å². The van der Waals surface area contributed by atoms with Gasteiger partial charge in [-0.25, -0.2) is 9.97 Å². The fourth-order valence-electron chi connectivity index (χ4n) is 3.25. The van der Waals surface area contributed by atoms with Gasteiger partial charge in [-0.05, 0) is 33.2 Å². The van der Waals surface area contributed by atoms with Crippen LogP contribution in [0.1, 0.15) is 25.1 Å². The minimum Gasteiger partial charge on any atom is -0.384 e. The molecule has 2 N–H and O–H groups in total. The second-order valence-corrected chi connectivity index (χ2v) is 5.48. The Balaban J connectivity index is 1.84. The van der Waals surface area contributed by atoms with E-state index >= 15 is 0 Å². The van der Waals surface area contributed by atoms with Crippen molar-refractivity contribution in [2.45, 2.75) is 38.3 Å². The average Bonchev–Trinajstić information content (AvgIpc) is 2.51. The van der Waals surface area contributed by atoms with E-state index in [-0.39, 0.29) is 0 Å². The predicted octanol–water partition coefficient (Wildman–Crippen LogP) is 1.04. The predicted molar refractivity (Wildman–Crippen MR) is 72.6 cm³/mol. The molecule has 5 heteroatoms. The van der Waals surface area contributed by atoms with Crippen LogP contribution < -0.4 is 10.6 Å². The van der Waals surface area contributed by atoms with E-state index in [9.17, 15) is 0 Å². The lowest BCUT2D eigenvalue weighted by Crippen LogP contribution is -2.37. The number of fused-ring (bicyclic) bond motifs is 2. The largest absolute Gasteiger partial charge is 0.384 e. The van der Waals surface area contributed by atoms with Crippen LogP contribution in [0.25, 0.3) is 0 Å². The molecule has 3 rings (SSSR count). The summed E-state index contributed by atoms with van der Waals surface area (Å²) in [5.74, 6) is 2.31. The SMILES string of the molecule is Cc1nc(N)cc(N2CCC3CCC(C2)N3C)n1. The van der Waals surface area contributed by atoms with Gasteiger partial charge in [0.15, 0.2) is 0 Å². The highest BCUT2D eigenvalue weighted by Crippen LogP contribution is 2.30. The molecule has 0 spiro atoms. The Kier molecular flexibility index (Phi) is 2.86. The van der Waals surface area contributed by atoms with Gasteiger partial charge in [-0.1, -0.05) is 0 Å². The molecule has 1 aromatic rings. The number of likely N-dealkylation sites (N-methyl/N-ethyl adjacent to an activating group) is 1. The molecule has 2 fully saturated rings. The maximum atomic E-state index is 5.82. The standard InChI is InChI=1S/C13H21N5/c1-9-15-12(14)7-13(16-9)18-6-5-10-3-4-11(8-18)17(10)2/h7,10-11H,3-6,8H2,1-2H3,(H2,14,15,16). The molecule has 2 atom stereocenters. The molecule has 2 bridgehead atoms. The zero-order chi connectivity index (χ0) is 12.7. The van der Waals surface area contributed by atoms with Crippen LogP contribution >= 0.6 is 0 Å². The molecular weight excluding hydrogens is 226 g/mol. The second kappa shape index (κ2) is 4.39. The lowest BCUT2D eigenvalue weighted by atomic mass is 10.1. The number of aryl methyl sites for hydroxylation is 1. The Morgan fingerprint density at radius 1 is 1.22 bits per heavy atom. The van der Waals surface area contributed by atoms with Crippen LogP contribution in [-0.2, 0) is 0 Å². The molecule has 0 saturated carbocycles. The van der Waals surface area contributed by atoms with E-state index in [2.05, 4.69) is 26.8 Å². The number of hydrogen-bond acceptors (Lipinski definition) is 5. The Morgan fingerprint density at radius 2 is 2.00 bits per heavy atom. The van der Waals surface area contributed by atoms with E-state index in [1.165, 1.54) is 19.3 Å². The minimum atomic E-state index is 0.570. The van der Waals surface area contributed by atoms with Crippen molar-refractivity contribution in [1.82, 2.24) is 14.9 Å². The van der Waals surface area contributed by atoms with Gasteiger partial charge in [0.25, 0.3) is 0 Å². The number of aromatic nitrogens is 2. The molecule has 0 aliphatic carbocycles. The van der Waals surface area contributed by atoms with Crippen molar-refractivity contribution in [1.29, 1.82) is 0 Å². The van der Waals surface area contributed by atoms with E-state index in [1.807, 2.05) is 13.0 Å². The topological polar surface area (TPSA) is 58.3 Å². The monoisotopic (exact) mass is 247 g/mol. The van der Waals surface area contributed by atoms with E-state index in [0.717, 1.165) is 30.8 Å². The minimum absolute atomic E-state index is 0.570. The zero-order valence-corrected chi connectivity index (χ0v) is 11.1. The lowest BCUT2D eigenvalue weighted by molar-refractivity contribution is 0.254. The summed E-state index contributed by atoms with van der Waals surface area (Å²) in [5.41, 5.74) is 5.82. The first-order valence-electron chi connectivity index (χ1n) is 6.71. The number of anilines is 2. The van der Waals surface area contributed by atoms with Crippen LogP contribution in [0, 0.1) is 6.92 Å². The van der Waals surface area contributed by atoms with Gasteiger partial charge in [-0.15, -0.1) is 0 Å². The summed E-state index contributed by atoms with van der Waals surface area (Å²) in [7, 11) is 2.26. The second-order valence-electron chi connectivity index (χ2n) is 5.48. The maximum absolute atomic E-state index is 5.82. The fourth-order valence-corrected chi connectivity index (χ4v) is 3.25. The van der Waals surface area contributed by atoms with Gasteiger partial charge in [-0.2, -0.15) is 0 Å². The number of nitrogens with two attached hydrogens (primary N) is 1. The lowest BCUT2D eigenvalue weighted by Gasteiger charge is -2.26. The number of nitrogen functional groups attached to an aromatic ring is 1. The summed E-state index contributed by atoms with van der Waals surface area (Å²) in [4.78, 5) is 13.6. The molecule has 18 heavy (non-hydrogen) atoms. The van der Waals surface area contributed by atoms with Crippen molar-refractivity contribution in [3.63, 3.8) is 0 Å². The molecule has 2 aliphatic heterocycles. The molecule has 2 saturated heterocycles. The van der Waals surface area contributed by atoms with Crippen LogP contribution in [0.15, 0.2) is 6.07 Å². The molecule has 0 amide bonds. The van der Waals surface area contributed by atoms with Gasteiger partial charge in [-0.3, -0.25) is 4.90 Å². The summed E-state index contributed by atoms with van der Waals surface area (Å²) in [6, 6.07) is 3.31. The molecule has 0 radical (unpaired) electrons. The van der Waals surface area contributed by atoms with Gasteiger partial charge in [0.1, 0.15) is 17.5 Å². The van der Waals surface area contributed by atoms with Gasteiger partial charge < -0.3 is 10.6 Å². The first-order chi connectivity index (χ1) is 8.63. The number of rotatable bonds is 1. The Morgan fingerprint density at radius 3 is 2.78 bits per heavy atom. The van der Waals surface area contributed by atoms with Crippen molar-refractivity contribution in [3.05, 3.63) is 11.9 Å². The van der Waals surface area contributed by atoms with Crippen LogP contribution in [-0.4, -0.2) is 47.1 Å². The third-order valence-corrected chi connectivity index (χ3v) is 4.32. The van der Waals surface area contributed by atoms with E-state index in [1.54, 1.807) is 0 Å². The maximum Gasteiger partial charge on any atom is 0.134 e. The van der Waals surface area contributed by atoms with Crippen molar-refractivity contribution in [3.8, 4) is 0 Å². The molecule has 2 aliphatic rings. The van der Waals surface area contributed by atoms with Gasteiger partial charge in [0, 0.05) is 31.2 Å². The first-order valence-corrected chi connectivity index (χ1v) is 6.71. The Hall–Kier alpha value is -1.36. The highest BCUT2D eigenvalue weighted by molar-refractivity contribution is 5.47. The zero-order valence-electron chi connectivity index (χ0n) is 11.1. The molecule has 3 heterocycles. The molecular formula is C13H21N5. The number of hydrogen-bond donors (Lipinski definition) is 1. The highest BCUT2D eigenvalue weighted by atomic mass is 15.3. The first kappa shape index (κ1) is 11.7. The summed E-state index contributed by atoms with van der Waals surface area (Å²) >= 11 is 0. The molecule has 98 valence electrons. The fraction of sp³-hybridized carbons (Fsp3) is 0.692. The van der Waals surface area contributed by atoms with Crippen molar-refractivity contribution >= 4 is 11.6 Å². The van der Waals surface area contributed by atoms with Gasteiger partial charge in [0.2, 0.25) is 0 Å². The van der Waals surface area contributed by atoms with Gasteiger partial charge >= 0.3 is 0 Å². The van der Waals surface area contributed by atoms with Crippen LogP contribution in [0.4, 0.5) is 11.6 Å². The van der Waals surface area contributed by atoms with Gasteiger partial charge in [0.05, 0.1) is 0 Å². The number of nitrogens with zero attached hydrogens (tertiary/aromatic N) is 4. The van der Waals surface area contributed by atoms with Crippen LogP contribution in [0.3, 0.4) is 0 Å². The molecule has 2 unspecified atom stereocenters. The van der Waals surface area contributed by atoms with E-state index in [4.69, 9.17) is 5.73 Å². The molecule has 5 nitrogen and oxygen atoms in total. The summed E-state index contributed by atoms with van der Waals surface area (Å²) < 4.78 is 0. The summed E-state index contributed by atoms with van der Waals surface area (Å²) in [6.45, 7) is 4.03. The summed E-state index contributed by atoms with van der Waals surface area (Å²) in [5, 5.41) is 0. The normalized spacial score (nSPS) is 28.4. The van der Waals surface area contributed by atoms with Crippen LogP contribution in [0.2, 0.25) is 0 Å².